The lowest BCUT2D eigenvalue weighted by Gasteiger charge is -1.68. The van der Waals surface area contributed by atoms with Crippen LogP contribution in [-0.4, -0.2) is 11.3 Å². The zero-order valence-electron chi connectivity index (χ0n) is 2.35. The molecule has 0 heterocycles. The molecule has 0 aliphatic carbocycles. The predicted octanol–water partition coefficient (Wildman–Crippen LogP) is -0.340. The Balaban J connectivity index is 3.14. The standard InChI is InChI=1S/CH3FN2O/c2-1(3)4-5/h5H,(H2,3,4). The van der Waals surface area contributed by atoms with E-state index < -0.39 is 6.09 Å². The number of rotatable bonds is 0. The van der Waals surface area contributed by atoms with Crippen molar-refractivity contribution < 1.29 is 9.60 Å². The minimum Gasteiger partial charge on any atom is -0.407 e. The molecule has 4 heteroatoms. The van der Waals surface area contributed by atoms with Gasteiger partial charge in [-0.05, 0) is 5.16 Å². The number of amidine groups is 1. The fourth-order valence-corrected chi connectivity index (χ4v) is 0. The van der Waals surface area contributed by atoms with E-state index >= 15 is 0 Å². The Morgan fingerprint density at radius 3 is 2.20 bits per heavy atom. The lowest BCUT2D eigenvalue weighted by Crippen LogP contribution is -2.01. The van der Waals surface area contributed by atoms with Gasteiger partial charge in [0.1, 0.15) is 0 Å². The Morgan fingerprint density at radius 2 is 2.20 bits per heavy atom. The van der Waals surface area contributed by atoms with Gasteiger partial charge in [0.05, 0.1) is 0 Å². The number of nitrogens with zero attached hydrogens (tertiary/aromatic N) is 1. The van der Waals surface area contributed by atoms with E-state index in [1.54, 1.807) is 0 Å². The molecule has 5 heavy (non-hydrogen) atoms. The SMILES string of the molecule is N/C(F)=N/O. The molecule has 0 saturated carbocycles. The summed E-state index contributed by atoms with van der Waals surface area (Å²) in [6.45, 7) is 0. The molecule has 0 aromatic rings. The van der Waals surface area contributed by atoms with E-state index in [1.807, 2.05) is 5.16 Å². The second-order valence-electron chi connectivity index (χ2n) is 0.423. The highest BCUT2D eigenvalue weighted by molar-refractivity contribution is 5.68. The van der Waals surface area contributed by atoms with Crippen LogP contribution in [0.25, 0.3) is 0 Å². The first-order chi connectivity index (χ1) is 2.27. The van der Waals surface area contributed by atoms with Crippen molar-refractivity contribution >= 4 is 6.09 Å². The van der Waals surface area contributed by atoms with E-state index in [4.69, 9.17) is 5.21 Å². The molecule has 3 nitrogen and oxygen atoms in total. The molecule has 0 unspecified atom stereocenters. The maximum absolute atomic E-state index is 10.7. The first-order valence-corrected chi connectivity index (χ1v) is 0.901. The van der Waals surface area contributed by atoms with Crippen LogP contribution in [0.2, 0.25) is 0 Å². The number of hydrogen-bond donors (Lipinski definition) is 2. The van der Waals surface area contributed by atoms with Crippen molar-refractivity contribution in [3.8, 4) is 0 Å². The summed E-state index contributed by atoms with van der Waals surface area (Å²) in [5, 5.41) is 9.15. The summed E-state index contributed by atoms with van der Waals surface area (Å²) in [5.74, 6) is 0. The van der Waals surface area contributed by atoms with Gasteiger partial charge in [0.15, 0.2) is 0 Å². The number of nitrogens with two attached hydrogens (primary N) is 1. The van der Waals surface area contributed by atoms with Gasteiger partial charge < -0.3 is 10.9 Å². The zero-order valence-corrected chi connectivity index (χ0v) is 2.35. The average molecular weight is 78.0 g/mol. The second-order valence-corrected chi connectivity index (χ2v) is 0.423. The maximum Gasteiger partial charge on any atom is 0.314 e. The van der Waals surface area contributed by atoms with Crippen molar-refractivity contribution in [1.82, 2.24) is 0 Å². The van der Waals surface area contributed by atoms with Gasteiger partial charge in [-0.1, -0.05) is 0 Å². The third-order valence-corrected chi connectivity index (χ3v) is 0.0955. The summed E-state index contributed by atoms with van der Waals surface area (Å²) in [6, 6.07) is 0. The molecule has 0 aliphatic rings. The molecule has 0 aliphatic heterocycles. The largest absolute Gasteiger partial charge is 0.407 e. The van der Waals surface area contributed by atoms with Gasteiger partial charge >= 0.3 is 6.09 Å². The highest BCUT2D eigenvalue weighted by atomic mass is 19.1. The predicted molar refractivity (Wildman–Crippen MR) is 14.5 cm³/mol. The molecular formula is CH3FN2O. The van der Waals surface area contributed by atoms with E-state index in [2.05, 4.69) is 5.73 Å². The smallest absolute Gasteiger partial charge is 0.314 e. The minimum atomic E-state index is -1.31. The van der Waals surface area contributed by atoms with Crippen molar-refractivity contribution in [1.29, 1.82) is 0 Å². The normalized spacial score (nSPS) is 11.8. The molecule has 30 valence electrons. The van der Waals surface area contributed by atoms with Gasteiger partial charge in [-0.2, -0.15) is 4.39 Å². The zero-order chi connectivity index (χ0) is 4.28. The number of halogens is 1. The minimum absolute atomic E-state index is 1.31. The van der Waals surface area contributed by atoms with Crippen LogP contribution in [0.4, 0.5) is 4.39 Å². The summed E-state index contributed by atoms with van der Waals surface area (Å²) >= 11 is 0. The van der Waals surface area contributed by atoms with Crippen molar-refractivity contribution in [2.45, 2.75) is 0 Å². The van der Waals surface area contributed by atoms with Crippen LogP contribution in [0.1, 0.15) is 0 Å². The van der Waals surface area contributed by atoms with Crippen molar-refractivity contribution in [2.24, 2.45) is 10.9 Å². The first-order valence-electron chi connectivity index (χ1n) is 0.901. The average Bonchev–Trinajstić information content (AvgIpc) is 1.38. The van der Waals surface area contributed by atoms with Gasteiger partial charge in [-0.3, -0.25) is 0 Å². The monoisotopic (exact) mass is 78.0 g/mol. The van der Waals surface area contributed by atoms with Crippen LogP contribution >= 0.6 is 0 Å². The molecular weight excluding hydrogens is 75.0 g/mol. The van der Waals surface area contributed by atoms with Crippen molar-refractivity contribution in [3.63, 3.8) is 0 Å². The Kier molecular flexibility index (Phi) is 1.27. The topological polar surface area (TPSA) is 58.6 Å². The van der Waals surface area contributed by atoms with Gasteiger partial charge in [0, 0.05) is 0 Å². The fourth-order valence-electron chi connectivity index (χ4n) is 0. The molecule has 0 rings (SSSR count). The lowest BCUT2D eigenvalue weighted by molar-refractivity contribution is 0.310. The van der Waals surface area contributed by atoms with Crippen molar-refractivity contribution in [2.75, 3.05) is 0 Å². The van der Waals surface area contributed by atoms with Gasteiger partial charge in [-0.15, -0.1) is 0 Å². The summed E-state index contributed by atoms with van der Waals surface area (Å²) in [5.41, 5.74) is 4.12. The van der Waals surface area contributed by atoms with Crippen LogP contribution < -0.4 is 5.73 Å². The Labute approximate surface area is 27.9 Å². The molecule has 0 amide bonds. The Bertz CT molecular complexity index is 47.6. The highest BCUT2D eigenvalue weighted by Gasteiger charge is 1.72. The molecule has 0 spiro atoms. The van der Waals surface area contributed by atoms with E-state index in [-0.39, 0.29) is 0 Å². The molecule has 0 atom stereocenters. The van der Waals surface area contributed by atoms with E-state index in [1.165, 1.54) is 0 Å². The van der Waals surface area contributed by atoms with Gasteiger partial charge in [0.25, 0.3) is 0 Å². The molecule has 0 fully saturated rings. The molecule has 0 aromatic carbocycles. The molecule has 0 saturated heterocycles. The second kappa shape index (κ2) is 1.51. The summed E-state index contributed by atoms with van der Waals surface area (Å²) in [4.78, 5) is 0. The van der Waals surface area contributed by atoms with Gasteiger partial charge in [0.2, 0.25) is 0 Å². The van der Waals surface area contributed by atoms with Crippen LogP contribution in [0, 0.1) is 0 Å². The Hall–Kier alpha value is -0.800. The van der Waals surface area contributed by atoms with Crippen molar-refractivity contribution in [3.05, 3.63) is 0 Å². The first kappa shape index (κ1) is 4.20. The van der Waals surface area contributed by atoms with Crippen LogP contribution in [0.5, 0.6) is 0 Å². The molecule has 0 radical (unpaired) electrons. The number of oxime groups is 1. The van der Waals surface area contributed by atoms with E-state index in [0.29, 0.717) is 0 Å². The molecule has 0 aromatic heterocycles. The Morgan fingerprint density at radius 1 is 2.00 bits per heavy atom. The molecule has 0 bridgehead atoms. The fraction of sp³-hybridized carbons (Fsp3) is 0. The van der Waals surface area contributed by atoms with Gasteiger partial charge in [-0.25, -0.2) is 0 Å². The van der Waals surface area contributed by atoms with E-state index in [9.17, 15) is 4.39 Å². The summed E-state index contributed by atoms with van der Waals surface area (Å²) in [6.07, 6.45) is -1.31. The van der Waals surface area contributed by atoms with E-state index in [0.717, 1.165) is 0 Å². The third-order valence-electron chi connectivity index (χ3n) is 0.0955. The maximum atomic E-state index is 10.7. The van der Waals surface area contributed by atoms with Crippen LogP contribution in [0.15, 0.2) is 5.16 Å². The van der Waals surface area contributed by atoms with Crippen LogP contribution in [-0.2, 0) is 0 Å². The highest BCUT2D eigenvalue weighted by Crippen LogP contribution is 1.57. The lowest BCUT2D eigenvalue weighted by atomic mass is 11.3. The summed E-state index contributed by atoms with van der Waals surface area (Å²) < 4.78 is 10.7. The quantitative estimate of drug-likeness (QED) is 0.137. The summed E-state index contributed by atoms with van der Waals surface area (Å²) in [7, 11) is 0. The molecule has 3 N–H and O–H groups in total. The van der Waals surface area contributed by atoms with Crippen LogP contribution in [0.3, 0.4) is 0 Å². The third kappa shape index (κ3) is 3.20. The number of hydrogen-bond acceptors (Lipinski definition) is 2.